The van der Waals surface area contributed by atoms with Crippen molar-refractivity contribution in [1.82, 2.24) is 4.90 Å². The van der Waals surface area contributed by atoms with Crippen LogP contribution in [0.4, 0.5) is 0 Å². The third-order valence-electron chi connectivity index (χ3n) is 4.40. The SMILES string of the molecule is COc1ccc(CN2CCC(CC(C)C(N)=O)C2)cc1OC. The first-order chi connectivity index (χ1) is 10.5. The van der Waals surface area contributed by atoms with Gasteiger partial charge in [0.1, 0.15) is 0 Å². The van der Waals surface area contributed by atoms with Crippen molar-refractivity contribution in [3.63, 3.8) is 0 Å². The van der Waals surface area contributed by atoms with Gasteiger partial charge in [-0.05, 0) is 43.0 Å². The fourth-order valence-corrected chi connectivity index (χ4v) is 3.10. The van der Waals surface area contributed by atoms with Crippen molar-refractivity contribution in [1.29, 1.82) is 0 Å². The van der Waals surface area contributed by atoms with Gasteiger partial charge in [0.05, 0.1) is 14.2 Å². The number of amides is 1. The van der Waals surface area contributed by atoms with Crippen molar-refractivity contribution in [2.75, 3.05) is 27.3 Å². The summed E-state index contributed by atoms with van der Waals surface area (Å²) in [6, 6.07) is 6.04. The molecule has 1 heterocycles. The van der Waals surface area contributed by atoms with Gasteiger partial charge in [-0.2, -0.15) is 0 Å². The molecule has 0 radical (unpaired) electrons. The summed E-state index contributed by atoms with van der Waals surface area (Å²) in [5.41, 5.74) is 6.56. The van der Waals surface area contributed by atoms with Crippen LogP contribution in [0.5, 0.6) is 11.5 Å². The van der Waals surface area contributed by atoms with Crippen LogP contribution in [0.15, 0.2) is 18.2 Å². The number of primary amides is 1. The van der Waals surface area contributed by atoms with Crippen LogP contribution < -0.4 is 15.2 Å². The minimum absolute atomic E-state index is 0.0361. The van der Waals surface area contributed by atoms with Gasteiger partial charge in [-0.15, -0.1) is 0 Å². The highest BCUT2D eigenvalue weighted by Crippen LogP contribution is 2.29. The van der Waals surface area contributed by atoms with E-state index in [0.717, 1.165) is 44.0 Å². The lowest BCUT2D eigenvalue weighted by molar-refractivity contribution is -0.121. The Kier molecular flexibility index (Phi) is 5.66. The van der Waals surface area contributed by atoms with Gasteiger partial charge < -0.3 is 15.2 Å². The van der Waals surface area contributed by atoms with E-state index in [1.54, 1.807) is 14.2 Å². The molecule has 1 amide bonds. The quantitative estimate of drug-likeness (QED) is 0.837. The van der Waals surface area contributed by atoms with E-state index in [2.05, 4.69) is 11.0 Å². The van der Waals surface area contributed by atoms with Crippen LogP contribution in [0, 0.1) is 11.8 Å². The van der Waals surface area contributed by atoms with Gasteiger partial charge in [-0.1, -0.05) is 13.0 Å². The van der Waals surface area contributed by atoms with E-state index in [0.29, 0.717) is 5.92 Å². The molecule has 0 bridgehead atoms. The fraction of sp³-hybridized carbons (Fsp3) is 0.588. The Labute approximate surface area is 132 Å². The number of carbonyl (C=O) groups excluding carboxylic acids is 1. The molecule has 22 heavy (non-hydrogen) atoms. The van der Waals surface area contributed by atoms with E-state index >= 15 is 0 Å². The molecule has 2 rings (SSSR count). The van der Waals surface area contributed by atoms with Crippen LogP contribution in [0.25, 0.3) is 0 Å². The molecular weight excluding hydrogens is 280 g/mol. The largest absolute Gasteiger partial charge is 0.493 e. The van der Waals surface area contributed by atoms with Crippen molar-refractivity contribution in [3.05, 3.63) is 23.8 Å². The number of nitrogens with two attached hydrogens (primary N) is 1. The molecular formula is C17H26N2O3. The standard InChI is InChI=1S/C17H26N2O3/c1-12(17(18)20)8-14-6-7-19(11-14)10-13-4-5-15(21-2)16(9-13)22-3/h4-5,9,12,14H,6-8,10-11H2,1-3H3,(H2,18,20). The first kappa shape index (κ1) is 16.6. The lowest BCUT2D eigenvalue weighted by Gasteiger charge is -2.18. The Bertz CT molecular complexity index is 519. The monoisotopic (exact) mass is 306 g/mol. The zero-order valence-corrected chi connectivity index (χ0v) is 13.7. The predicted molar refractivity (Wildman–Crippen MR) is 85.9 cm³/mol. The van der Waals surface area contributed by atoms with Crippen molar-refractivity contribution >= 4 is 5.91 Å². The van der Waals surface area contributed by atoms with Gasteiger partial charge in [0.2, 0.25) is 5.91 Å². The fourth-order valence-electron chi connectivity index (χ4n) is 3.10. The summed E-state index contributed by atoms with van der Waals surface area (Å²) in [6.07, 6.45) is 2.02. The molecule has 0 aromatic heterocycles. The molecule has 122 valence electrons. The number of ether oxygens (including phenoxy) is 2. The van der Waals surface area contributed by atoms with Gasteiger partial charge >= 0.3 is 0 Å². The first-order valence-electron chi connectivity index (χ1n) is 7.76. The minimum Gasteiger partial charge on any atom is -0.493 e. The second-order valence-electron chi connectivity index (χ2n) is 6.12. The smallest absolute Gasteiger partial charge is 0.220 e. The highest BCUT2D eigenvalue weighted by atomic mass is 16.5. The van der Waals surface area contributed by atoms with Crippen LogP contribution in [0.2, 0.25) is 0 Å². The van der Waals surface area contributed by atoms with E-state index in [9.17, 15) is 4.79 Å². The first-order valence-corrected chi connectivity index (χ1v) is 7.76. The molecule has 1 aromatic rings. The maximum absolute atomic E-state index is 11.2. The van der Waals surface area contributed by atoms with Crippen molar-refractivity contribution in [3.8, 4) is 11.5 Å². The van der Waals surface area contributed by atoms with Crippen LogP contribution >= 0.6 is 0 Å². The van der Waals surface area contributed by atoms with E-state index in [1.165, 1.54) is 5.56 Å². The third-order valence-corrected chi connectivity index (χ3v) is 4.40. The average Bonchev–Trinajstić information content (AvgIpc) is 2.94. The maximum atomic E-state index is 11.2. The number of carbonyl (C=O) groups is 1. The van der Waals surface area contributed by atoms with Gasteiger partial charge in [0, 0.05) is 19.0 Å². The Morgan fingerprint density at radius 3 is 2.73 bits per heavy atom. The maximum Gasteiger partial charge on any atom is 0.220 e. The van der Waals surface area contributed by atoms with E-state index in [1.807, 2.05) is 19.1 Å². The Morgan fingerprint density at radius 2 is 2.09 bits per heavy atom. The van der Waals surface area contributed by atoms with E-state index in [-0.39, 0.29) is 11.8 Å². The number of likely N-dealkylation sites (tertiary alicyclic amines) is 1. The molecule has 1 aliphatic rings. The molecule has 5 heteroatoms. The number of methoxy groups -OCH3 is 2. The van der Waals surface area contributed by atoms with Crippen LogP contribution in [0.1, 0.15) is 25.3 Å². The molecule has 1 aromatic carbocycles. The van der Waals surface area contributed by atoms with Crippen molar-refractivity contribution in [2.24, 2.45) is 17.6 Å². The molecule has 5 nitrogen and oxygen atoms in total. The molecule has 0 spiro atoms. The molecule has 2 N–H and O–H groups in total. The zero-order valence-electron chi connectivity index (χ0n) is 13.7. The molecule has 1 saturated heterocycles. The van der Waals surface area contributed by atoms with Gasteiger partial charge in [-0.25, -0.2) is 0 Å². The Balaban J connectivity index is 1.91. The summed E-state index contributed by atoms with van der Waals surface area (Å²) in [4.78, 5) is 13.6. The molecule has 1 fully saturated rings. The summed E-state index contributed by atoms with van der Waals surface area (Å²) < 4.78 is 10.6. The Morgan fingerprint density at radius 1 is 1.36 bits per heavy atom. The van der Waals surface area contributed by atoms with Gasteiger partial charge in [-0.3, -0.25) is 9.69 Å². The normalized spacial score (nSPS) is 19.9. The predicted octanol–water partition coefficient (Wildman–Crippen LogP) is 2.04. The highest BCUT2D eigenvalue weighted by Gasteiger charge is 2.25. The van der Waals surface area contributed by atoms with Crippen LogP contribution in [-0.2, 0) is 11.3 Å². The van der Waals surface area contributed by atoms with Gasteiger partial charge in [0.15, 0.2) is 11.5 Å². The third kappa shape index (κ3) is 4.13. The van der Waals surface area contributed by atoms with Crippen molar-refractivity contribution in [2.45, 2.75) is 26.3 Å². The highest BCUT2D eigenvalue weighted by molar-refractivity contribution is 5.76. The second kappa shape index (κ2) is 7.49. The zero-order chi connectivity index (χ0) is 16.1. The van der Waals surface area contributed by atoms with Crippen LogP contribution in [-0.4, -0.2) is 38.1 Å². The number of nitrogens with zero attached hydrogens (tertiary/aromatic N) is 1. The number of hydrogen-bond donors (Lipinski definition) is 1. The molecule has 0 aliphatic carbocycles. The Hall–Kier alpha value is -1.75. The topological polar surface area (TPSA) is 64.8 Å². The van der Waals surface area contributed by atoms with Gasteiger partial charge in [0.25, 0.3) is 0 Å². The minimum atomic E-state index is -0.196. The molecule has 2 atom stereocenters. The molecule has 1 aliphatic heterocycles. The molecule has 0 saturated carbocycles. The summed E-state index contributed by atoms with van der Waals surface area (Å²) in [7, 11) is 3.29. The average molecular weight is 306 g/mol. The second-order valence-corrected chi connectivity index (χ2v) is 6.12. The lowest BCUT2D eigenvalue weighted by Crippen LogP contribution is -2.25. The lowest BCUT2D eigenvalue weighted by atomic mass is 9.95. The number of hydrogen-bond acceptors (Lipinski definition) is 4. The summed E-state index contributed by atoms with van der Waals surface area (Å²) in [5, 5.41) is 0. The van der Waals surface area contributed by atoms with Crippen LogP contribution in [0.3, 0.4) is 0 Å². The number of benzene rings is 1. The van der Waals surface area contributed by atoms with Crippen molar-refractivity contribution < 1.29 is 14.3 Å². The summed E-state index contributed by atoms with van der Waals surface area (Å²) >= 11 is 0. The summed E-state index contributed by atoms with van der Waals surface area (Å²) in [5.74, 6) is 1.84. The summed E-state index contributed by atoms with van der Waals surface area (Å²) in [6.45, 7) is 4.89. The van der Waals surface area contributed by atoms with E-state index < -0.39 is 0 Å². The van der Waals surface area contributed by atoms with E-state index in [4.69, 9.17) is 15.2 Å². The molecule has 2 unspecified atom stereocenters. The number of rotatable bonds is 7.